The summed E-state index contributed by atoms with van der Waals surface area (Å²) in [6.07, 6.45) is 3.70. The molecule has 0 radical (unpaired) electrons. The maximum Gasteiger partial charge on any atom is 0.243 e. The molecule has 6 heteroatoms. The molecule has 2 aromatic carbocycles. The van der Waals surface area contributed by atoms with Crippen molar-refractivity contribution in [2.45, 2.75) is 20.3 Å². The number of benzene rings is 2. The molecular weight excluding hydrogens is 352 g/mol. The van der Waals surface area contributed by atoms with Gasteiger partial charge in [0.05, 0.1) is 24.8 Å². The normalized spacial score (nSPS) is 10.5. The van der Waals surface area contributed by atoms with E-state index in [2.05, 4.69) is 10.4 Å². The van der Waals surface area contributed by atoms with Crippen molar-refractivity contribution >= 4 is 17.5 Å². The predicted molar refractivity (Wildman–Crippen MR) is 109 cm³/mol. The van der Waals surface area contributed by atoms with Gasteiger partial charge in [-0.2, -0.15) is 5.10 Å². The summed E-state index contributed by atoms with van der Waals surface area (Å²) in [6.45, 7) is 3.89. The van der Waals surface area contributed by atoms with Crippen LogP contribution in [0.4, 0.5) is 5.69 Å². The van der Waals surface area contributed by atoms with E-state index in [1.807, 2.05) is 68.6 Å². The van der Waals surface area contributed by atoms with E-state index in [9.17, 15) is 9.59 Å². The van der Waals surface area contributed by atoms with Crippen molar-refractivity contribution in [2.75, 3.05) is 18.9 Å². The third-order valence-electron chi connectivity index (χ3n) is 4.56. The van der Waals surface area contributed by atoms with Crippen LogP contribution in [0.1, 0.15) is 16.7 Å². The number of aromatic nitrogens is 2. The van der Waals surface area contributed by atoms with E-state index in [4.69, 9.17) is 0 Å². The Morgan fingerprint density at radius 3 is 2.39 bits per heavy atom. The van der Waals surface area contributed by atoms with Gasteiger partial charge in [0.25, 0.3) is 0 Å². The second-order valence-corrected chi connectivity index (χ2v) is 6.87. The van der Waals surface area contributed by atoms with E-state index in [-0.39, 0.29) is 24.8 Å². The van der Waals surface area contributed by atoms with Gasteiger partial charge in [0.2, 0.25) is 11.8 Å². The summed E-state index contributed by atoms with van der Waals surface area (Å²) in [6, 6.07) is 15.5. The first-order valence-electron chi connectivity index (χ1n) is 9.13. The minimum atomic E-state index is -0.215. The van der Waals surface area contributed by atoms with Crippen molar-refractivity contribution in [3.63, 3.8) is 0 Å². The van der Waals surface area contributed by atoms with Crippen LogP contribution in [0.25, 0.3) is 5.69 Å². The number of carbonyl (C=O) groups is 2. The molecular formula is C22H24N4O2. The molecule has 0 atom stereocenters. The van der Waals surface area contributed by atoms with Crippen LogP contribution in [0.15, 0.2) is 60.9 Å². The maximum atomic E-state index is 12.5. The molecule has 1 aromatic heterocycles. The molecule has 1 N–H and O–H groups in total. The minimum absolute atomic E-state index is 0.000565. The molecule has 0 aliphatic carbocycles. The van der Waals surface area contributed by atoms with Gasteiger partial charge in [-0.25, -0.2) is 4.68 Å². The minimum Gasteiger partial charge on any atom is -0.336 e. The molecule has 0 aliphatic heterocycles. The molecule has 2 amide bonds. The second-order valence-electron chi connectivity index (χ2n) is 6.87. The number of nitrogens with one attached hydrogen (secondary N) is 1. The summed E-state index contributed by atoms with van der Waals surface area (Å²) in [5.74, 6) is -0.350. The predicted octanol–water partition coefficient (Wildman–Crippen LogP) is 3.13. The second kappa shape index (κ2) is 8.52. The van der Waals surface area contributed by atoms with E-state index in [0.717, 1.165) is 28.1 Å². The van der Waals surface area contributed by atoms with Gasteiger partial charge in [0, 0.05) is 18.9 Å². The van der Waals surface area contributed by atoms with Crippen LogP contribution in [-0.4, -0.2) is 40.1 Å². The summed E-state index contributed by atoms with van der Waals surface area (Å²) in [4.78, 5) is 26.3. The van der Waals surface area contributed by atoms with Gasteiger partial charge in [0.15, 0.2) is 0 Å². The van der Waals surface area contributed by atoms with Crippen molar-refractivity contribution < 1.29 is 9.59 Å². The number of likely N-dealkylation sites (N-methyl/N-ethyl adjacent to an activating group) is 1. The number of anilines is 1. The van der Waals surface area contributed by atoms with Crippen molar-refractivity contribution in [1.29, 1.82) is 0 Å². The molecule has 0 aliphatic rings. The summed E-state index contributed by atoms with van der Waals surface area (Å²) >= 11 is 0. The van der Waals surface area contributed by atoms with Gasteiger partial charge in [-0.3, -0.25) is 9.59 Å². The molecule has 28 heavy (non-hydrogen) atoms. The molecule has 0 spiro atoms. The number of hydrogen-bond donors (Lipinski definition) is 1. The average molecular weight is 376 g/mol. The molecule has 144 valence electrons. The SMILES string of the molecule is Cc1cccc(C)c1NC(=O)CN(C)C(=O)Cc1cnn(-c2ccccc2)c1. The van der Waals surface area contributed by atoms with Gasteiger partial charge in [-0.15, -0.1) is 0 Å². The number of carbonyl (C=O) groups excluding carboxylic acids is 2. The van der Waals surface area contributed by atoms with E-state index >= 15 is 0 Å². The van der Waals surface area contributed by atoms with Gasteiger partial charge < -0.3 is 10.2 Å². The molecule has 6 nitrogen and oxygen atoms in total. The topological polar surface area (TPSA) is 67.2 Å². The highest BCUT2D eigenvalue weighted by Gasteiger charge is 2.16. The highest BCUT2D eigenvalue weighted by molar-refractivity contribution is 5.95. The van der Waals surface area contributed by atoms with Crippen LogP contribution in [0, 0.1) is 13.8 Å². The Kier molecular flexibility index (Phi) is 5.89. The number of rotatable bonds is 6. The number of amides is 2. The van der Waals surface area contributed by atoms with Crippen LogP contribution in [0.2, 0.25) is 0 Å². The molecule has 3 rings (SSSR count). The zero-order chi connectivity index (χ0) is 20.1. The van der Waals surface area contributed by atoms with Gasteiger partial charge in [-0.1, -0.05) is 36.4 Å². The Balaban J connectivity index is 1.57. The van der Waals surface area contributed by atoms with Crippen LogP contribution >= 0.6 is 0 Å². The van der Waals surface area contributed by atoms with E-state index < -0.39 is 0 Å². The van der Waals surface area contributed by atoms with Crippen molar-refractivity contribution in [2.24, 2.45) is 0 Å². The largest absolute Gasteiger partial charge is 0.336 e. The Hall–Kier alpha value is -3.41. The first-order chi connectivity index (χ1) is 13.4. The lowest BCUT2D eigenvalue weighted by Crippen LogP contribution is -2.36. The molecule has 0 bridgehead atoms. The number of aryl methyl sites for hydroxylation is 2. The average Bonchev–Trinajstić information content (AvgIpc) is 3.14. The summed E-state index contributed by atoms with van der Waals surface area (Å²) in [5, 5.41) is 7.21. The van der Waals surface area contributed by atoms with Crippen LogP contribution < -0.4 is 5.32 Å². The van der Waals surface area contributed by atoms with E-state index in [1.54, 1.807) is 17.9 Å². The molecule has 0 fully saturated rings. The first kappa shape index (κ1) is 19.4. The van der Waals surface area contributed by atoms with Crippen molar-refractivity contribution in [1.82, 2.24) is 14.7 Å². The van der Waals surface area contributed by atoms with Crippen molar-refractivity contribution in [3.05, 3.63) is 77.6 Å². The van der Waals surface area contributed by atoms with Crippen LogP contribution in [0.5, 0.6) is 0 Å². The Morgan fingerprint density at radius 1 is 1.04 bits per heavy atom. The standard InChI is InChI=1S/C22H24N4O2/c1-16-8-7-9-17(2)22(16)24-20(27)15-25(3)21(28)12-18-13-23-26(14-18)19-10-5-4-6-11-19/h4-11,13-14H,12,15H2,1-3H3,(H,24,27). The summed E-state index contributed by atoms with van der Waals surface area (Å²) in [5.41, 5.74) is 4.53. The Labute approximate surface area is 164 Å². The fourth-order valence-corrected chi connectivity index (χ4v) is 2.98. The smallest absolute Gasteiger partial charge is 0.243 e. The maximum absolute atomic E-state index is 12.5. The number of hydrogen-bond acceptors (Lipinski definition) is 3. The molecule has 0 unspecified atom stereocenters. The van der Waals surface area contributed by atoms with E-state index in [0.29, 0.717) is 0 Å². The molecule has 1 heterocycles. The third kappa shape index (κ3) is 4.65. The fourth-order valence-electron chi connectivity index (χ4n) is 2.98. The van der Waals surface area contributed by atoms with Crippen molar-refractivity contribution in [3.8, 4) is 5.69 Å². The third-order valence-corrected chi connectivity index (χ3v) is 4.56. The zero-order valence-electron chi connectivity index (χ0n) is 16.3. The van der Waals surface area contributed by atoms with E-state index in [1.165, 1.54) is 4.90 Å². The van der Waals surface area contributed by atoms with Crippen LogP contribution in [0.3, 0.4) is 0 Å². The monoisotopic (exact) mass is 376 g/mol. The molecule has 0 saturated carbocycles. The van der Waals surface area contributed by atoms with Gasteiger partial charge >= 0.3 is 0 Å². The lowest BCUT2D eigenvalue weighted by Gasteiger charge is -2.18. The Morgan fingerprint density at radius 2 is 1.71 bits per heavy atom. The highest BCUT2D eigenvalue weighted by atomic mass is 16.2. The quantitative estimate of drug-likeness (QED) is 0.719. The Bertz CT molecular complexity index is 959. The first-order valence-corrected chi connectivity index (χ1v) is 9.13. The lowest BCUT2D eigenvalue weighted by molar-refractivity contribution is -0.132. The molecule has 3 aromatic rings. The van der Waals surface area contributed by atoms with Gasteiger partial charge in [-0.05, 0) is 42.7 Å². The zero-order valence-corrected chi connectivity index (χ0v) is 16.3. The summed E-state index contributed by atoms with van der Waals surface area (Å²) < 4.78 is 1.73. The van der Waals surface area contributed by atoms with Gasteiger partial charge in [0.1, 0.15) is 0 Å². The lowest BCUT2D eigenvalue weighted by atomic mass is 10.1. The number of nitrogens with zero attached hydrogens (tertiary/aromatic N) is 3. The summed E-state index contributed by atoms with van der Waals surface area (Å²) in [7, 11) is 1.63. The van der Waals surface area contributed by atoms with Crippen LogP contribution in [-0.2, 0) is 16.0 Å². The number of para-hydroxylation sites is 2. The fraction of sp³-hybridized carbons (Fsp3) is 0.227. The highest BCUT2D eigenvalue weighted by Crippen LogP contribution is 2.19. The molecule has 0 saturated heterocycles.